The van der Waals surface area contributed by atoms with Gasteiger partial charge < -0.3 is 21.8 Å². The number of guanidine groups is 1. The Kier molecular flexibility index (Phi) is 4.73. The number of aliphatic carboxylic acids is 1. The van der Waals surface area contributed by atoms with Crippen molar-refractivity contribution in [3.63, 3.8) is 0 Å². The Labute approximate surface area is 69.0 Å². The molecule has 0 unspecified atom stereocenters. The molecular weight excluding hydrogens is 164 g/mol. The van der Waals surface area contributed by atoms with Gasteiger partial charge in [-0.05, 0) is 6.42 Å². The van der Waals surface area contributed by atoms with E-state index in [0.717, 1.165) is 0 Å². The topological polar surface area (TPSA) is 134 Å². The Morgan fingerprint density at radius 2 is 2.17 bits per heavy atom. The van der Waals surface area contributed by atoms with Crippen LogP contribution >= 0.6 is 0 Å². The smallest absolute Gasteiger partial charge is 0.323 e. The molecule has 0 aliphatic heterocycles. The molecule has 0 rings (SSSR count). The number of carboxylic acids is 1. The summed E-state index contributed by atoms with van der Waals surface area (Å²) in [4.78, 5) is 13.8. The van der Waals surface area contributed by atoms with Crippen molar-refractivity contribution in [1.82, 2.24) is 5.48 Å². The second-order valence-corrected chi connectivity index (χ2v) is 2.12. The van der Waals surface area contributed by atoms with Crippen molar-refractivity contribution >= 4 is 11.9 Å². The molecule has 0 radical (unpaired) electrons. The van der Waals surface area contributed by atoms with Crippen molar-refractivity contribution in [2.75, 3.05) is 6.54 Å². The molecule has 0 aromatic rings. The molecule has 0 aromatic heterocycles. The monoisotopic (exact) mass is 176 g/mol. The van der Waals surface area contributed by atoms with Crippen LogP contribution in [0.15, 0.2) is 4.99 Å². The quantitative estimate of drug-likeness (QED) is 0.188. The molecule has 0 spiro atoms. The van der Waals surface area contributed by atoms with Crippen molar-refractivity contribution < 1.29 is 15.1 Å². The van der Waals surface area contributed by atoms with Gasteiger partial charge in [0.2, 0.25) is 0 Å². The number of rotatable bonds is 5. The number of carboxylic acid groups (broad SMARTS) is 1. The lowest BCUT2D eigenvalue weighted by Crippen LogP contribution is -2.35. The Balaban J connectivity index is 3.74. The van der Waals surface area contributed by atoms with Crippen molar-refractivity contribution in [1.29, 1.82) is 0 Å². The number of nitrogens with two attached hydrogens (primary N) is 2. The molecular formula is C5H12N4O3. The average Bonchev–Trinajstić information content (AvgIpc) is 1.96. The number of nitrogens with one attached hydrogen (secondary N) is 1. The summed E-state index contributed by atoms with van der Waals surface area (Å²) in [6.07, 6.45) is 0.129. The molecule has 0 aliphatic rings. The molecule has 0 aliphatic carbocycles. The third kappa shape index (κ3) is 4.47. The number of hydrogen-bond acceptors (Lipinski definition) is 4. The lowest BCUT2D eigenvalue weighted by molar-refractivity contribution is -0.142. The van der Waals surface area contributed by atoms with E-state index in [1.165, 1.54) is 0 Å². The van der Waals surface area contributed by atoms with Gasteiger partial charge in [0, 0.05) is 6.54 Å². The highest BCUT2D eigenvalue weighted by molar-refractivity contribution is 5.76. The van der Waals surface area contributed by atoms with E-state index in [1.54, 1.807) is 5.48 Å². The molecule has 0 fully saturated rings. The Morgan fingerprint density at radius 1 is 1.58 bits per heavy atom. The van der Waals surface area contributed by atoms with Gasteiger partial charge in [-0.25, -0.2) is 0 Å². The van der Waals surface area contributed by atoms with Crippen LogP contribution in [0, 0.1) is 0 Å². The fourth-order valence-electron chi connectivity index (χ4n) is 0.566. The zero-order chi connectivity index (χ0) is 9.56. The van der Waals surface area contributed by atoms with Gasteiger partial charge in [0.15, 0.2) is 5.96 Å². The number of hydrogen-bond donors (Lipinski definition) is 5. The second-order valence-electron chi connectivity index (χ2n) is 2.12. The van der Waals surface area contributed by atoms with Crippen LogP contribution in [0.25, 0.3) is 0 Å². The summed E-state index contributed by atoms with van der Waals surface area (Å²) in [5.74, 6) is -1.25. The molecule has 0 bridgehead atoms. The molecule has 7 heteroatoms. The van der Waals surface area contributed by atoms with Crippen molar-refractivity contribution in [2.45, 2.75) is 12.5 Å². The highest BCUT2D eigenvalue weighted by atomic mass is 16.5. The summed E-state index contributed by atoms with van der Waals surface area (Å²) in [5.41, 5.74) is 11.6. The van der Waals surface area contributed by atoms with E-state index < -0.39 is 12.0 Å². The molecule has 1 atom stereocenters. The maximum atomic E-state index is 10.3. The fraction of sp³-hybridized carbons (Fsp3) is 0.600. The summed E-state index contributed by atoms with van der Waals surface area (Å²) >= 11 is 0. The molecule has 0 saturated heterocycles. The summed E-state index contributed by atoms with van der Waals surface area (Å²) < 4.78 is 0. The highest BCUT2D eigenvalue weighted by Crippen LogP contribution is 1.91. The van der Waals surface area contributed by atoms with E-state index in [9.17, 15) is 4.79 Å². The maximum Gasteiger partial charge on any atom is 0.323 e. The molecule has 0 saturated carbocycles. The maximum absolute atomic E-state index is 10.3. The fourth-order valence-corrected chi connectivity index (χ4v) is 0.566. The molecule has 12 heavy (non-hydrogen) atoms. The van der Waals surface area contributed by atoms with Gasteiger partial charge in [-0.15, -0.1) is 0 Å². The van der Waals surface area contributed by atoms with Crippen molar-refractivity contribution in [2.24, 2.45) is 16.5 Å². The predicted molar refractivity (Wildman–Crippen MR) is 41.6 cm³/mol. The minimum atomic E-state index is -1.15. The zero-order valence-corrected chi connectivity index (χ0v) is 6.40. The average molecular weight is 176 g/mol. The highest BCUT2D eigenvalue weighted by Gasteiger charge is 2.14. The first-order valence-corrected chi connectivity index (χ1v) is 3.25. The second kappa shape index (κ2) is 5.33. The minimum Gasteiger partial charge on any atom is -0.480 e. The first-order chi connectivity index (χ1) is 5.57. The van der Waals surface area contributed by atoms with Gasteiger partial charge in [-0.1, -0.05) is 0 Å². The summed E-state index contributed by atoms with van der Waals surface area (Å²) in [7, 11) is 0. The molecule has 7 N–H and O–H groups in total. The SMILES string of the molecule is NC(N)=NCC[C@H](NO)C(=O)O. The molecule has 0 amide bonds. The van der Waals surface area contributed by atoms with Gasteiger partial charge in [0.05, 0.1) is 0 Å². The zero-order valence-electron chi connectivity index (χ0n) is 6.40. The van der Waals surface area contributed by atoms with Crippen LogP contribution in [0.4, 0.5) is 0 Å². The standard InChI is InChI=1S/C5H12N4O3/c6-5(7)8-2-1-3(9-12)4(10)11/h3,9,12H,1-2H2,(H,10,11)(H4,6,7,8)/t3-/m0/s1. The molecule has 0 heterocycles. The van der Waals surface area contributed by atoms with Crippen LogP contribution in [0.3, 0.4) is 0 Å². The first kappa shape index (κ1) is 10.7. The van der Waals surface area contributed by atoms with Crippen LogP contribution in [0.5, 0.6) is 0 Å². The van der Waals surface area contributed by atoms with Gasteiger partial charge >= 0.3 is 5.97 Å². The summed E-state index contributed by atoms with van der Waals surface area (Å²) in [6, 6.07) is -1.03. The van der Waals surface area contributed by atoms with E-state index in [1.807, 2.05) is 0 Å². The first-order valence-electron chi connectivity index (χ1n) is 3.25. The van der Waals surface area contributed by atoms with E-state index in [4.69, 9.17) is 21.8 Å². The minimum absolute atomic E-state index is 0.0999. The third-order valence-electron chi connectivity index (χ3n) is 1.17. The molecule has 7 nitrogen and oxygen atoms in total. The summed E-state index contributed by atoms with van der Waals surface area (Å²) in [5, 5.41) is 16.7. The van der Waals surface area contributed by atoms with E-state index in [-0.39, 0.29) is 18.9 Å². The number of carbonyl (C=O) groups is 1. The van der Waals surface area contributed by atoms with Gasteiger partial charge in [-0.3, -0.25) is 9.79 Å². The Hall–Kier alpha value is -1.34. The van der Waals surface area contributed by atoms with E-state index >= 15 is 0 Å². The van der Waals surface area contributed by atoms with Gasteiger partial charge in [-0.2, -0.15) is 5.48 Å². The number of aliphatic imine (C=N–C) groups is 1. The lowest BCUT2D eigenvalue weighted by Gasteiger charge is -2.06. The predicted octanol–water partition coefficient (Wildman–Crippen LogP) is -1.92. The van der Waals surface area contributed by atoms with Crippen LogP contribution in [0.2, 0.25) is 0 Å². The van der Waals surface area contributed by atoms with Crippen LogP contribution < -0.4 is 16.9 Å². The van der Waals surface area contributed by atoms with Crippen molar-refractivity contribution in [3.8, 4) is 0 Å². The van der Waals surface area contributed by atoms with E-state index in [2.05, 4.69) is 4.99 Å². The van der Waals surface area contributed by atoms with Gasteiger partial charge in [0.1, 0.15) is 6.04 Å². The van der Waals surface area contributed by atoms with Crippen LogP contribution in [-0.2, 0) is 4.79 Å². The Bertz CT molecular complexity index is 178. The third-order valence-corrected chi connectivity index (χ3v) is 1.17. The van der Waals surface area contributed by atoms with Gasteiger partial charge in [0.25, 0.3) is 0 Å². The number of nitrogens with zero attached hydrogens (tertiary/aromatic N) is 1. The lowest BCUT2D eigenvalue weighted by atomic mass is 10.2. The number of hydroxylamine groups is 1. The molecule has 70 valence electrons. The largest absolute Gasteiger partial charge is 0.480 e. The summed E-state index contributed by atoms with van der Waals surface area (Å²) in [6.45, 7) is 0.160. The van der Waals surface area contributed by atoms with Crippen LogP contribution in [-0.4, -0.2) is 34.8 Å². The Morgan fingerprint density at radius 3 is 2.50 bits per heavy atom. The molecule has 0 aromatic carbocycles. The van der Waals surface area contributed by atoms with Crippen LogP contribution in [0.1, 0.15) is 6.42 Å². The van der Waals surface area contributed by atoms with Crippen molar-refractivity contribution in [3.05, 3.63) is 0 Å². The normalized spacial score (nSPS) is 12.1. The van der Waals surface area contributed by atoms with E-state index in [0.29, 0.717) is 0 Å².